The van der Waals surface area contributed by atoms with Crippen LogP contribution in [-0.2, 0) is 22.7 Å². The van der Waals surface area contributed by atoms with Crippen LogP contribution in [0.15, 0.2) is 29.4 Å². The predicted molar refractivity (Wildman–Crippen MR) is 97.5 cm³/mol. The molecule has 0 unspecified atom stereocenters. The summed E-state index contributed by atoms with van der Waals surface area (Å²) in [7, 11) is -3.95. The summed E-state index contributed by atoms with van der Waals surface area (Å²) in [5.74, 6) is -0.745. The van der Waals surface area contributed by atoms with E-state index in [1.807, 2.05) is 24.3 Å². The first kappa shape index (κ1) is 20.9. The highest BCUT2D eigenvalue weighted by atomic mass is 32.2. The molecule has 154 valence electrons. The summed E-state index contributed by atoms with van der Waals surface area (Å²) in [6.07, 6.45) is -2.62. The Hall–Kier alpha value is -2.87. The summed E-state index contributed by atoms with van der Waals surface area (Å²) >= 11 is 0. The Kier molecular flexibility index (Phi) is 5.66. The van der Waals surface area contributed by atoms with Gasteiger partial charge in [-0.15, -0.1) is 0 Å². The monoisotopic (exact) mass is 426 g/mol. The molecule has 29 heavy (non-hydrogen) atoms. The summed E-state index contributed by atoms with van der Waals surface area (Å²) in [4.78, 5) is 9.23. The van der Waals surface area contributed by atoms with Gasteiger partial charge < -0.3 is 9.64 Å². The number of benzene rings is 1. The average Bonchev–Trinajstić information content (AvgIpc) is 2.87. The van der Waals surface area contributed by atoms with Gasteiger partial charge in [0.15, 0.2) is 18.0 Å². The van der Waals surface area contributed by atoms with E-state index in [0.29, 0.717) is 25.9 Å². The molecule has 0 fully saturated rings. The van der Waals surface area contributed by atoms with Crippen molar-refractivity contribution in [2.45, 2.75) is 24.2 Å². The van der Waals surface area contributed by atoms with Crippen molar-refractivity contribution in [2.75, 3.05) is 30.9 Å². The van der Waals surface area contributed by atoms with Crippen LogP contribution in [0.3, 0.4) is 0 Å². The first-order valence-corrected chi connectivity index (χ1v) is 10.5. The van der Waals surface area contributed by atoms with Gasteiger partial charge in [0.25, 0.3) is 5.16 Å². The van der Waals surface area contributed by atoms with E-state index in [4.69, 9.17) is 0 Å². The third-order valence-corrected chi connectivity index (χ3v) is 5.22. The first-order valence-electron chi connectivity index (χ1n) is 8.62. The summed E-state index contributed by atoms with van der Waals surface area (Å²) < 4.78 is 66.4. The van der Waals surface area contributed by atoms with Crippen LogP contribution >= 0.6 is 0 Å². The molecule has 1 aliphatic rings. The third kappa shape index (κ3) is 4.95. The number of nitrogens with zero attached hydrogens (tertiary/aromatic N) is 4. The molecule has 0 radical (unpaired) electrons. The van der Waals surface area contributed by atoms with Crippen molar-refractivity contribution >= 4 is 15.7 Å². The number of hydrogen-bond donors (Lipinski definition) is 0. The molecule has 7 nitrogen and oxygen atoms in total. The van der Waals surface area contributed by atoms with E-state index in [-0.39, 0.29) is 11.4 Å². The molecule has 1 aromatic heterocycles. The van der Waals surface area contributed by atoms with E-state index < -0.39 is 33.7 Å². The second kappa shape index (κ2) is 7.87. The molecular formula is C18H17F3N4O3S. The molecule has 0 N–H and O–H groups in total. The van der Waals surface area contributed by atoms with Crippen LogP contribution in [0.4, 0.5) is 19.0 Å². The number of halogens is 3. The van der Waals surface area contributed by atoms with Crippen molar-refractivity contribution in [3.05, 3.63) is 41.0 Å². The maximum absolute atomic E-state index is 12.6. The highest BCUT2D eigenvalue weighted by Gasteiger charge is 2.31. The molecule has 0 aliphatic carbocycles. The summed E-state index contributed by atoms with van der Waals surface area (Å²) in [5.41, 5.74) is 1.89. The van der Waals surface area contributed by atoms with Gasteiger partial charge >= 0.3 is 6.18 Å². The molecule has 0 spiro atoms. The molecule has 1 aliphatic heterocycles. The van der Waals surface area contributed by atoms with E-state index >= 15 is 0 Å². The van der Waals surface area contributed by atoms with E-state index in [2.05, 4.69) is 14.7 Å². The van der Waals surface area contributed by atoms with Gasteiger partial charge in [-0.3, -0.25) is 0 Å². The van der Waals surface area contributed by atoms with Crippen LogP contribution in [-0.4, -0.2) is 50.5 Å². The molecule has 0 saturated heterocycles. The normalized spacial score (nSPS) is 14.7. The number of aromatic nitrogens is 2. The molecule has 0 atom stereocenters. The Morgan fingerprint density at radius 2 is 1.76 bits per heavy atom. The topological polar surface area (TPSA) is 96.2 Å². The zero-order valence-corrected chi connectivity index (χ0v) is 16.2. The summed E-state index contributed by atoms with van der Waals surface area (Å²) in [6.45, 7) is -0.887. The number of ether oxygens (including phenoxy) is 1. The lowest BCUT2D eigenvalue weighted by molar-refractivity contribution is -0.154. The fourth-order valence-corrected chi connectivity index (χ4v) is 3.54. The molecule has 1 aromatic carbocycles. The van der Waals surface area contributed by atoms with Gasteiger partial charge in [0, 0.05) is 19.3 Å². The lowest BCUT2D eigenvalue weighted by Gasteiger charge is -2.23. The largest absolute Gasteiger partial charge is 0.467 e. The lowest BCUT2D eigenvalue weighted by Crippen LogP contribution is -2.29. The Labute approximate surface area is 165 Å². The smallest absolute Gasteiger partial charge is 0.422 e. The minimum Gasteiger partial charge on any atom is -0.467 e. The van der Waals surface area contributed by atoms with Crippen LogP contribution < -0.4 is 9.64 Å². The number of fused-ring (bicyclic) bond motifs is 1. The minimum atomic E-state index is -4.67. The average molecular weight is 426 g/mol. The molecule has 0 bridgehead atoms. The molecule has 0 saturated carbocycles. The fourth-order valence-electron chi connectivity index (χ4n) is 3.04. The van der Waals surface area contributed by atoms with E-state index in [9.17, 15) is 26.9 Å². The van der Waals surface area contributed by atoms with Crippen LogP contribution in [0.25, 0.3) is 0 Å². The number of nitriles is 1. The van der Waals surface area contributed by atoms with Crippen molar-refractivity contribution in [2.24, 2.45) is 0 Å². The van der Waals surface area contributed by atoms with Crippen LogP contribution in [0.2, 0.25) is 0 Å². The highest BCUT2D eigenvalue weighted by Crippen LogP contribution is 2.30. The fraction of sp³-hybridized carbons (Fsp3) is 0.389. The van der Waals surface area contributed by atoms with Crippen molar-refractivity contribution in [1.82, 2.24) is 9.97 Å². The number of alkyl halides is 3. The van der Waals surface area contributed by atoms with Crippen LogP contribution in [0.1, 0.15) is 16.7 Å². The SMILES string of the molecule is CS(=O)(=O)c1nc(OCC(F)(F)F)c(C#N)c(N2CCc3ccccc3CC2)n1. The van der Waals surface area contributed by atoms with Gasteiger partial charge in [-0.25, -0.2) is 8.42 Å². The number of hydrogen-bond acceptors (Lipinski definition) is 7. The standard InChI is InChI=1S/C18H17F3N4O3S/c1-29(26,27)17-23-15(14(10-22)16(24-17)28-11-18(19,20)21)25-8-6-12-4-2-3-5-13(12)7-9-25/h2-5H,6-9,11H2,1H3. The Balaban J connectivity index is 2.04. The van der Waals surface area contributed by atoms with Crippen LogP contribution in [0.5, 0.6) is 5.88 Å². The Bertz CT molecular complexity index is 1040. The van der Waals surface area contributed by atoms with Gasteiger partial charge in [0.2, 0.25) is 15.7 Å². The first-order chi connectivity index (χ1) is 13.6. The minimum absolute atomic E-state index is 0.0482. The Morgan fingerprint density at radius 3 is 2.24 bits per heavy atom. The van der Waals surface area contributed by atoms with Gasteiger partial charge in [-0.1, -0.05) is 24.3 Å². The van der Waals surface area contributed by atoms with Gasteiger partial charge in [-0.2, -0.15) is 28.4 Å². The van der Waals surface area contributed by atoms with Gasteiger partial charge in [0.05, 0.1) is 0 Å². The van der Waals surface area contributed by atoms with Gasteiger partial charge in [0.1, 0.15) is 6.07 Å². The molecular weight excluding hydrogens is 409 g/mol. The zero-order valence-electron chi connectivity index (χ0n) is 15.4. The highest BCUT2D eigenvalue weighted by molar-refractivity contribution is 7.90. The van der Waals surface area contributed by atoms with Crippen molar-refractivity contribution in [1.29, 1.82) is 5.26 Å². The van der Waals surface area contributed by atoms with Crippen LogP contribution in [0, 0.1) is 11.3 Å². The third-order valence-electron chi connectivity index (χ3n) is 4.37. The summed E-state index contributed by atoms with van der Waals surface area (Å²) in [5, 5.41) is 8.84. The maximum Gasteiger partial charge on any atom is 0.422 e. The van der Waals surface area contributed by atoms with Crippen molar-refractivity contribution in [3.63, 3.8) is 0 Å². The summed E-state index contributed by atoms with van der Waals surface area (Å²) in [6, 6.07) is 9.53. The molecule has 2 aromatic rings. The molecule has 0 amide bonds. The maximum atomic E-state index is 12.6. The number of rotatable bonds is 4. The van der Waals surface area contributed by atoms with Crippen molar-refractivity contribution < 1.29 is 26.3 Å². The quantitative estimate of drug-likeness (QED) is 0.692. The van der Waals surface area contributed by atoms with E-state index in [1.54, 1.807) is 11.0 Å². The Morgan fingerprint density at radius 1 is 1.17 bits per heavy atom. The lowest BCUT2D eigenvalue weighted by atomic mass is 10.0. The van der Waals surface area contributed by atoms with E-state index in [0.717, 1.165) is 17.4 Å². The van der Waals surface area contributed by atoms with Crippen molar-refractivity contribution in [3.8, 4) is 11.9 Å². The molecule has 2 heterocycles. The molecule has 11 heteroatoms. The number of sulfone groups is 1. The predicted octanol–water partition coefficient (Wildman–Crippen LogP) is 2.30. The second-order valence-electron chi connectivity index (χ2n) is 6.55. The second-order valence-corrected chi connectivity index (χ2v) is 8.46. The van der Waals surface area contributed by atoms with Gasteiger partial charge in [-0.05, 0) is 24.0 Å². The zero-order chi connectivity index (χ0) is 21.2. The number of anilines is 1. The molecule has 3 rings (SSSR count). The van der Waals surface area contributed by atoms with E-state index in [1.165, 1.54) is 0 Å².